The lowest BCUT2D eigenvalue weighted by Gasteiger charge is -2.27. The van der Waals surface area contributed by atoms with Gasteiger partial charge in [0.15, 0.2) is 0 Å². The van der Waals surface area contributed by atoms with Crippen molar-refractivity contribution in [2.24, 2.45) is 5.92 Å². The molecule has 0 atom stereocenters. The van der Waals surface area contributed by atoms with E-state index in [9.17, 15) is 23.3 Å². The number of methoxy groups -OCH3 is 1. The van der Waals surface area contributed by atoms with Gasteiger partial charge in [0.2, 0.25) is 10.0 Å². The average molecular weight is 356 g/mol. The van der Waals surface area contributed by atoms with Crippen molar-refractivity contribution < 1.29 is 22.9 Å². The van der Waals surface area contributed by atoms with Crippen molar-refractivity contribution in [2.45, 2.75) is 43.5 Å². The summed E-state index contributed by atoms with van der Waals surface area (Å²) >= 11 is 0. The highest BCUT2D eigenvalue weighted by atomic mass is 32.2. The van der Waals surface area contributed by atoms with E-state index in [1.165, 1.54) is 19.2 Å². The fourth-order valence-electron chi connectivity index (χ4n) is 2.85. The zero-order chi connectivity index (χ0) is 17.9. The molecular formula is C15H20N2O6S. The number of carbonyl (C=O) groups excluding carboxylic acids is 1. The number of aryl methyl sites for hydroxylation is 1. The summed E-state index contributed by atoms with van der Waals surface area (Å²) in [7, 11) is -2.51. The lowest BCUT2D eigenvalue weighted by molar-refractivity contribution is -0.385. The van der Waals surface area contributed by atoms with Crippen LogP contribution in [0.5, 0.6) is 0 Å². The van der Waals surface area contributed by atoms with Crippen LogP contribution in [0.4, 0.5) is 5.69 Å². The van der Waals surface area contributed by atoms with Crippen LogP contribution in [0.15, 0.2) is 23.1 Å². The third-order valence-electron chi connectivity index (χ3n) is 4.27. The summed E-state index contributed by atoms with van der Waals surface area (Å²) in [5.74, 6) is -0.471. The van der Waals surface area contributed by atoms with Gasteiger partial charge >= 0.3 is 5.97 Å². The highest BCUT2D eigenvalue weighted by molar-refractivity contribution is 7.89. The molecule has 1 aromatic carbocycles. The molecule has 24 heavy (non-hydrogen) atoms. The van der Waals surface area contributed by atoms with E-state index in [2.05, 4.69) is 4.72 Å². The number of nitro groups is 1. The second-order valence-electron chi connectivity index (χ2n) is 5.90. The molecule has 1 N–H and O–H groups in total. The van der Waals surface area contributed by atoms with Gasteiger partial charge in [0.25, 0.3) is 5.69 Å². The normalized spacial score (nSPS) is 21.2. The Kier molecular flexibility index (Phi) is 5.55. The van der Waals surface area contributed by atoms with E-state index < -0.39 is 14.9 Å². The molecule has 9 heteroatoms. The monoisotopic (exact) mass is 356 g/mol. The zero-order valence-electron chi connectivity index (χ0n) is 13.5. The van der Waals surface area contributed by atoms with Gasteiger partial charge in [0, 0.05) is 17.7 Å². The molecule has 8 nitrogen and oxygen atoms in total. The van der Waals surface area contributed by atoms with Gasteiger partial charge in [-0.25, -0.2) is 13.1 Å². The molecule has 0 bridgehead atoms. The minimum atomic E-state index is -3.85. The van der Waals surface area contributed by atoms with Gasteiger partial charge in [-0.2, -0.15) is 0 Å². The summed E-state index contributed by atoms with van der Waals surface area (Å²) in [6, 6.07) is 3.54. The van der Waals surface area contributed by atoms with Crippen molar-refractivity contribution in [3.63, 3.8) is 0 Å². The third-order valence-corrected chi connectivity index (χ3v) is 5.79. The fraction of sp³-hybridized carbons (Fsp3) is 0.533. The van der Waals surface area contributed by atoms with Crippen LogP contribution in [0.25, 0.3) is 0 Å². The quantitative estimate of drug-likeness (QED) is 0.489. The van der Waals surface area contributed by atoms with Crippen LogP contribution in [-0.2, 0) is 19.6 Å². The second kappa shape index (κ2) is 7.27. The van der Waals surface area contributed by atoms with Crippen LogP contribution in [0.2, 0.25) is 0 Å². The van der Waals surface area contributed by atoms with E-state index in [-0.39, 0.29) is 28.5 Å². The summed E-state index contributed by atoms with van der Waals surface area (Å²) in [6.07, 6.45) is 2.14. The molecule has 0 amide bonds. The molecule has 0 spiro atoms. The van der Waals surface area contributed by atoms with Crippen LogP contribution in [-0.4, -0.2) is 32.5 Å². The van der Waals surface area contributed by atoms with E-state index in [1.807, 2.05) is 0 Å². The SMILES string of the molecule is COC(=O)C1CCC(NS(=O)(=O)c2ccc(C)c([N+](=O)[O-])c2)CC1. The maximum absolute atomic E-state index is 12.4. The Balaban J connectivity index is 2.09. The summed E-state index contributed by atoms with van der Waals surface area (Å²) < 4.78 is 32.1. The van der Waals surface area contributed by atoms with E-state index in [4.69, 9.17) is 4.74 Å². The summed E-state index contributed by atoms with van der Waals surface area (Å²) in [4.78, 5) is 21.7. The number of carbonyl (C=O) groups is 1. The number of sulfonamides is 1. The van der Waals surface area contributed by atoms with E-state index >= 15 is 0 Å². The Labute approximate surface area is 140 Å². The van der Waals surface area contributed by atoms with Gasteiger partial charge in [-0.15, -0.1) is 0 Å². The van der Waals surface area contributed by atoms with E-state index in [0.29, 0.717) is 31.2 Å². The predicted molar refractivity (Wildman–Crippen MR) is 85.9 cm³/mol. The second-order valence-corrected chi connectivity index (χ2v) is 7.61. The number of esters is 1. The molecule has 1 fully saturated rings. The predicted octanol–water partition coefficient (Wildman–Crippen LogP) is 1.91. The standard InChI is InChI=1S/C15H20N2O6S/c1-10-3-8-13(9-14(10)17(19)20)24(21,22)16-12-6-4-11(5-7-12)15(18)23-2/h3,8-9,11-12,16H,4-7H2,1-2H3. The number of hydrogen-bond donors (Lipinski definition) is 1. The molecule has 0 aliphatic heterocycles. The first-order valence-corrected chi connectivity index (χ1v) is 9.08. The van der Waals surface area contributed by atoms with Crippen LogP contribution in [0.3, 0.4) is 0 Å². The molecular weight excluding hydrogens is 336 g/mol. The first-order chi connectivity index (χ1) is 11.2. The molecule has 1 saturated carbocycles. The maximum atomic E-state index is 12.4. The van der Waals surface area contributed by atoms with Gasteiger partial charge < -0.3 is 4.74 Å². The minimum Gasteiger partial charge on any atom is -0.469 e. The number of nitrogens with zero attached hydrogens (tertiary/aromatic N) is 1. The molecule has 0 aromatic heterocycles. The molecule has 0 saturated heterocycles. The highest BCUT2D eigenvalue weighted by Gasteiger charge is 2.30. The first-order valence-electron chi connectivity index (χ1n) is 7.60. The Hall–Kier alpha value is -2.00. The maximum Gasteiger partial charge on any atom is 0.308 e. The van der Waals surface area contributed by atoms with Gasteiger partial charge in [-0.05, 0) is 38.7 Å². The first kappa shape index (κ1) is 18.3. The fourth-order valence-corrected chi connectivity index (χ4v) is 4.18. The molecule has 0 radical (unpaired) electrons. The number of nitrogens with one attached hydrogen (secondary N) is 1. The topological polar surface area (TPSA) is 116 Å². The largest absolute Gasteiger partial charge is 0.469 e. The van der Waals surface area contributed by atoms with Crippen molar-refractivity contribution in [1.29, 1.82) is 0 Å². The number of hydrogen-bond acceptors (Lipinski definition) is 6. The molecule has 132 valence electrons. The molecule has 1 aliphatic rings. The Morgan fingerprint density at radius 1 is 1.29 bits per heavy atom. The van der Waals surface area contributed by atoms with Gasteiger partial charge in [0.1, 0.15) is 0 Å². The lowest BCUT2D eigenvalue weighted by atomic mass is 9.86. The van der Waals surface area contributed by atoms with Crippen LogP contribution in [0, 0.1) is 23.0 Å². The number of benzene rings is 1. The van der Waals surface area contributed by atoms with Gasteiger partial charge in [-0.3, -0.25) is 14.9 Å². The highest BCUT2D eigenvalue weighted by Crippen LogP contribution is 2.27. The number of ether oxygens (including phenoxy) is 1. The van der Waals surface area contributed by atoms with Crippen molar-refractivity contribution in [3.05, 3.63) is 33.9 Å². The minimum absolute atomic E-state index is 0.130. The summed E-state index contributed by atoms with van der Waals surface area (Å²) in [6.45, 7) is 1.55. The van der Waals surface area contributed by atoms with E-state index in [0.717, 1.165) is 6.07 Å². The third kappa shape index (κ3) is 4.09. The van der Waals surface area contributed by atoms with Gasteiger partial charge in [0.05, 0.1) is 22.8 Å². The van der Waals surface area contributed by atoms with Crippen molar-refractivity contribution in [2.75, 3.05) is 7.11 Å². The molecule has 0 unspecified atom stereocenters. The van der Waals surface area contributed by atoms with Gasteiger partial charge in [-0.1, -0.05) is 6.07 Å². The number of nitro benzene ring substituents is 1. The van der Waals surface area contributed by atoms with Crippen LogP contribution >= 0.6 is 0 Å². The summed E-state index contributed by atoms with van der Waals surface area (Å²) in [5.41, 5.74) is 0.171. The number of rotatable bonds is 5. The average Bonchev–Trinajstić information content (AvgIpc) is 2.54. The Morgan fingerprint density at radius 2 is 1.92 bits per heavy atom. The van der Waals surface area contributed by atoms with Crippen molar-refractivity contribution in [3.8, 4) is 0 Å². The molecule has 1 aliphatic carbocycles. The smallest absolute Gasteiger partial charge is 0.308 e. The Bertz CT molecular complexity index is 738. The molecule has 1 aromatic rings. The zero-order valence-corrected chi connectivity index (χ0v) is 14.3. The van der Waals surface area contributed by atoms with Crippen LogP contribution < -0.4 is 4.72 Å². The molecule has 2 rings (SSSR count). The van der Waals surface area contributed by atoms with Crippen LogP contribution in [0.1, 0.15) is 31.2 Å². The lowest BCUT2D eigenvalue weighted by Crippen LogP contribution is -2.38. The van der Waals surface area contributed by atoms with E-state index in [1.54, 1.807) is 6.92 Å². The Morgan fingerprint density at radius 3 is 2.46 bits per heavy atom. The van der Waals surface area contributed by atoms with Crippen molar-refractivity contribution >= 4 is 21.7 Å². The van der Waals surface area contributed by atoms with Crippen molar-refractivity contribution in [1.82, 2.24) is 4.72 Å². The summed E-state index contributed by atoms with van der Waals surface area (Å²) in [5, 5.41) is 11.0. The molecule has 0 heterocycles.